The van der Waals surface area contributed by atoms with E-state index < -0.39 is 23.6 Å². The molecule has 1 aliphatic rings. The third-order valence-corrected chi connectivity index (χ3v) is 4.37. The van der Waals surface area contributed by atoms with E-state index in [-0.39, 0.29) is 12.2 Å². The van der Waals surface area contributed by atoms with Crippen LogP contribution in [-0.2, 0) is 12.0 Å². The second kappa shape index (κ2) is 6.04. The average Bonchev–Trinajstić information content (AvgIpc) is 3.05. The molecule has 0 amide bonds. The van der Waals surface area contributed by atoms with E-state index in [1.54, 1.807) is 6.92 Å². The molecule has 0 aromatic carbocycles. The van der Waals surface area contributed by atoms with E-state index >= 15 is 0 Å². The van der Waals surface area contributed by atoms with E-state index in [0.29, 0.717) is 36.7 Å². The van der Waals surface area contributed by atoms with Crippen molar-refractivity contribution in [2.45, 2.75) is 64.3 Å². The van der Waals surface area contributed by atoms with Gasteiger partial charge in [0.05, 0.1) is 18.6 Å². The van der Waals surface area contributed by atoms with E-state index in [1.165, 1.54) is 4.68 Å². The number of anilines is 1. The van der Waals surface area contributed by atoms with Crippen molar-refractivity contribution in [2.75, 3.05) is 18.0 Å². The Kier molecular flexibility index (Phi) is 4.37. The van der Waals surface area contributed by atoms with Crippen LogP contribution in [-0.4, -0.2) is 54.9 Å². The van der Waals surface area contributed by atoms with Crippen LogP contribution in [0.15, 0.2) is 0 Å². The summed E-state index contributed by atoms with van der Waals surface area (Å²) in [6, 6.07) is 0. The van der Waals surface area contributed by atoms with E-state index in [9.17, 15) is 18.3 Å². The van der Waals surface area contributed by atoms with Gasteiger partial charge in [0.25, 0.3) is 0 Å². The minimum absolute atomic E-state index is 0.288. The largest absolute Gasteiger partial charge is 0.390 e. The summed E-state index contributed by atoms with van der Waals surface area (Å²) in [5.74, 6) is 1.01. The maximum Gasteiger partial charge on any atom is 0.390 e. The predicted molar refractivity (Wildman–Crippen MR) is 89.9 cm³/mol. The zero-order chi connectivity index (χ0) is 19.3. The van der Waals surface area contributed by atoms with Crippen LogP contribution in [0.4, 0.5) is 19.0 Å². The molecule has 0 unspecified atom stereocenters. The molecular formula is C16H23F3N6O. The van der Waals surface area contributed by atoms with Crippen LogP contribution in [0, 0.1) is 0 Å². The van der Waals surface area contributed by atoms with Gasteiger partial charge in [0.2, 0.25) is 0 Å². The van der Waals surface area contributed by atoms with Crippen molar-refractivity contribution < 1.29 is 18.3 Å². The first-order valence-electron chi connectivity index (χ1n) is 8.52. The highest BCUT2D eigenvalue weighted by Gasteiger charge is 2.35. The fraction of sp³-hybridized carbons (Fsp3) is 0.750. The summed E-state index contributed by atoms with van der Waals surface area (Å²) in [7, 11) is 0. The number of halogens is 3. The highest BCUT2D eigenvalue weighted by molar-refractivity contribution is 5.83. The molecule has 26 heavy (non-hydrogen) atoms. The molecule has 0 aliphatic carbocycles. The third kappa shape index (κ3) is 3.89. The molecule has 0 radical (unpaired) electrons. The fourth-order valence-electron chi connectivity index (χ4n) is 2.91. The number of hydrogen-bond donors (Lipinski definition) is 1. The van der Waals surface area contributed by atoms with Crippen LogP contribution in [0.25, 0.3) is 11.2 Å². The minimum atomic E-state index is -4.28. The summed E-state index contributed by atoms with van der Waals surface area (Å²) in [4.78, 5) is 10.9. The lowest BCUT2D eigenvalue weighted by atomic mass is 9.96. The van der Waals surface area contributed by atoms with Gasteiger partial charge in [0.15, 0.2) is 17.0 Å². The van der Waals surface area contributed by atoms with Crippen molar-refractivity contribution in [3.8, 4) is 0 Å². The van der Waals surface area contributed by atoms with Crippen molar-refractivity contribution >= 4 is 17.0 Å². The quantitative estimate of drug-likeness (QED) is 0.891. The van der Waals surface area contributed by atoms with Gasteiger partial charge < -0.3 is 10.0 Å². The summed E-state index contributed by atoms with van der Waals surface area (Å²) < 4.78 is 39.0. The Labute approximate surface area is 149 Å². The zero-order valence-electron chi connectivity index (χ0n) is 15.3. The Bertz CT molecular complexity index is 809. The number of fused-ring (bicyclic) bond motifs is 1. The lowest BCUT2D eigenvalue weighted by Gasteiger charge is -2.23. The Morgan fingerprint density at radius 1 is 1.19 bits per heavy atom. The molecule has 1 atom stereocenters. The van der Waals surface area contributed by atoms with Gasteiger partial charge in [-0.25, -0.2) is 14.6 Å². The maximum absolute atomic E-state index is 12.6. The van der Waals surface area contributed by atoms with Crippen LogP contribution >= 0.6 is 0 Å². The second-order valence-electron chi connectivity index (χ2n) is 8.14. The van der Waals surface area contributed by atoms with Gasteiger partial charge in [-0.15, -0.1) is 5.10 Å². The lowest BCUT2D eigenvalue weighted by Crippen LogP contribution is -2.31. The number of rotatable bonds is 3. The molecule has 2 aromatic rings. The van der Waals surface area contributed by atoms with E-state index in [2.05, 4.69) is 20.3 Å². The summed E-state index contributed by atoms with van der Waals surface area (Å²) in [6.45, 7) is 8.15. The minimum Gasteiger partial charge on any atom is -0.388 e. The number of aryl methyl sites for hydroxylation is 1. The highest BCUT2D eigenvalue weighted by Crippen LogP contribution is 2.32. The van der Waals surface area contributed by atoms with Crippen molar-refractivity contribution in [2.24, 2.45) is 0 Å². The summed E-state index contributed by atoms with van der Waals surface area (Å²) in [5.41, 5.74) is -0.593. The number of β-amino-alcohol motifs (C(OH)–C–C–N with tert-alkyl or cyclic N) is 1. The van der Waals surface area contributed by atoms with Crippen LogP contribution in [0.1, 0.15) is 46.4 Å². The Morgan fingerprint density at radius 2 is 1.88 bits per heavy atom. The van der Waals surface area contributed by atoms with Crippen LogP contribution < -0.4 is 4.90 Å². The molecule has 0 bridgehead atoms. The number of alkyl halides is 3. The molecule has 1 aliphatic heterocycles. The van der Waals surface area contributed by atoms with Gasteiger partial charge in [0.1, 0.15) is 5.82 Å². The second-order valence-corrected chi connectivity index (χ2v) is 8.14. The summed E-state index contributed by atoms with van der Waals surface area (Å²) in [5, 5.41) is 18.2. The number of aromatic nitrogens is 5. The Morgan fingerprint density at radius 3 is 2.42 bits per heavy atom. The van der Waals surface area contributed by atoms with E-state index in [1.807, 2.05) is 25.7 Å². The third-order valence-electron chi connectivity index (χ3n) is 4.37. The lowest BCUT2D eigenvalue weighted by molar-refractivity contribution is -0.137. The van der Waals surface area contributed by atoms with Crippen molar-refractivity contribution in [1.82, 2.24) is 25.0 Å². The topological polar surface area (TPSA) is 80.0 Å². The predicted octanol–water partition coefficient (Wildman–Crippen LogP) is 2.43. The summed E-state index contributed by atoms with van der Waals surface area (Å²) >= 11 is 0. The zero-order valence-corrected chi connectivity index (χ0v) is 15.3. The Balaban J connectivity index is 2.07. The molecular weight excluding hydrogens is 349 g/mol. The fourth-order valence-corrected chi connectivity index (χ4v) is 2.91. The van der Waals surface area contributed by atoms with Crippen LogP contribution in [0.2, 0.25) is 0 Å². The highest BCUT2D eigenvalue weighted by atomic mass is 19.4. The molecule has 3 heterocycles. The molecule has 0 spiro atoms. The van der Waals surface area contributed by atoms with Crippen molar-refractivity contribution in [3.63, 3.8) is 0 Å². The molecule has 7 nitrogen and oxygen atoms in total. The number of hydrogen-bond acceptors (Lipinski definition) is 6. The van der Waals surface area contributed by atoms with Crippen LogP contribution in [0.5, 0.6) is 0 Å². The smallest absolute Gasteiger partial charge is 0.388 e. The van der Waals surface area contributed by atoms with Gasteiger partial charge in [-0.2, -0.15) is 13.2 Å². The number of aliphatic hydroxyl groups is 1. The molecule has 144 valence electrons. The van der Waals surface area contributed by atoms with E-state index in [4.69, 9.17) is 0 Å². The van der Waals surface area contributed by atoms with Gasteiger partial charge in [0, 0.05) is 18.5 Å². The first-order valence-corrected chi connectivity index (χ1v) is 8.52. The van der Waals surface area contributed by atoms with Crippen molar-refractivity contribution in [1.29, 1.82) is 0 Å². The Hall–Kier alpha value is -1.97. The SMILES string of the molecule is CC(C)(C)c1nc(N2CC[C@@](C)(O)C2)c2nnn(CCC(F)(F)F)c2n1. The molecule has 0 saturated carbocycles. The van der Waals surface area contributed by atoms with Gasteiger partial charge >= 0.3 is 6.18 Å². The molecule has 3 rings (SSSR count). The first kappa shape index (κ1) is 18.8. The number of nitrogens with zero attached hydrogens (tertiary/aromatic N) is 6. The standard InChI is InChI=1S/C16H23F3N6O/c1-14(2,3)13-20-11(24-7-5-15(4,26)9-24)10-12(21-13)25(23-22-10)8-6-16(17,18)19/h26H,5-9H2,1-4H3/t15-/m1/s1. The maximum atomic E-state index is 12.6. The van der Waals surface area contributed by atoms with Crippen LogP contribution in [0.3, 0.4) is 0 Å². The van der Waals surface area contributed by atoms with Gasteiger partial charge in [-0.05, 0) is 13.3 Å². The monoisotopic (exact) mass is 372 g/mol. The normalized spacial score (nSPS) is 21.8. The van der Waals surface area contributed by atoms with E-state index in [0.717, 1.165) is 0 Å². The van der Waals surface area contributed by atoms with Crippen molar-refractivity contribution in [3.05, 3.63) is 5.82 Å². The summed E-state index contributed by atoms with van der Waals surface area (Å²) in [6.07, 6.45) is -4.71. The first-order chi connectivity index (χ1) is 11.9. The molecule has 1 saturated heterocycles. The molecule has 2 aromatic heterocycles. The average molecular weight is 372 g/mol. The molecule has 10 heteroatoms. The van der Waals surface area contributed by atoms with Gasteiger partial charge in [-0.1, -0.05) is 26.0 Å². The molecule has 1 fully saturated rings. The van der Waals surface area contributed by atoms with Gasteiger partial charge in [-0.3, -0.25) is 0 Å². The molecule has 1 N–H and O–H groups in total.